The van der Waals surface area contributed by atoms with E-state index in [0.29, 0.717) is 6.04 Å². The Hall–Kier alpha value is -0.0800. The van der Waals surface area contributed by atoms with Crippen molar-refractivity contribution in [3.8, 4) is 0 Å². The van der Waals surface area contributed by atoms with Gasteiger partial charge in [0.1, 0.15) is 0 Å². The standard InChI is InChI=1S/C10H19NO/c11-9-4-3-6-10(8-9)5-1-2-7-12-10/h9H,1-8,11H2. The van der Waals surface area contributed by atoms with Crippen molar-refractivity contribution in [3.63, 3.8) is 0 Å². The first-order valence-electron chi connectivity index (χ1n) is 5.20. The second kappa shape index (κ2) is 3.35. The van der Waals surface area contributed by atoms with Gasteiger partial charge in [-0.25, -0.2) is 0 Å². The Morgan fingerprint density at radius 1 is 1.17 bits per heavy atom. The smallest absolute Gasteiger partial charge is 0.0697 e. The van der Waals surface area contributed by atoms with Gasteiger partial charge in [0.25, 0.3) is 0 Å². The molecule has 1 saturated carbocycles. The normalized spacial score (nSPS) is 43.2. The molecule has 1 aliphatic heterocycles. The third kappa shape index (κ3) is 1.64. The minimum absolute atomic E-state index is 0.204. The molecule has 0 radical (unpaired) electrons. The zero-order chi connectivity index (χ0) is 8.44. The largest absolute Gasteiger partial charge is 0.375 e. The van der Waals surface area contributed by atoms with Crippen LogP contribution in [0.15, 0.2) is 0 Å². The van der Waals surface area contributed by atoms with Crippen LogP contribution in [0, 0.1) is 0 Å². The molecule has 2 fully saturated rings. The monoisotopic (exact) mass is 169 g/mol. The van der Waals surface area contributed by atoms with E-state index in [1.165, 1.54) is 38.5 Å². The van der Waals surface area contributed by atoms with Crippen LogP contribution in [0.1, 0.15) is 44.9 Å². The minimum atomic E-state index is 0.204. The third-order valence-electron chi connectivity index (χ3n) is 3.28. The first-order valence-corrected chi connectivity index (χ1v) is 5.20. The Bertz CT molecular complexity index is 146. The van der Waals surface area contributed by atoms with E-state index in [4.69, 9.17) is 10.5 Å². The fraction of sp³-hybridized carbons (Fsp3) is 1.00. The van der Waals surface area contributed by atoms with E-state index in [1.54, 1.807) is 0 Å². The lowest BCUT2D eigenvalue weighted by atomic mass is 9.78. The van der Waals surface area contributed by atoms with Crippen LogP contribution in [-0.2, 0) is 4.74 Å². The zero-order valence-corrected chi connectivity index (χ0v) is 7.72. The van der Waals surface area contributed by atoms with Crippen LogP contribution in [0.5, 0.6) is 0 Å². The molecule has 1 heterocycles. The van der Waals surface area contributed by atoms with Crippen LogP contribution in [0.2, 0.25) is 0 Å². The molecule has 2 N–H and O–H groups in total. The molecule has 1 spiro atoms. The molecule has 70 valence electrons. The molecule has 1 aliphatic carbocycles. The topological polar surface area (TPSA) is 35.2 Å². The predicted molar refractivity (Wildman–Crippen MR) is 49.0 cm³/mol. The van der Waals surface area contributed by atoms with Gasteiger partial charge in [-0.05, 0) is 44.9 Å². The van der Waals surface area contributed by atoms with E-state index in [2.05, 4.69) is 0 Å². The van der Waals surface area contributed by atoms with Crippen LogP contribution >= 0.6 is 0 Å². The highest BCUT2D eigenvalue weighted by Gasteiger charge is 2.37. The van der Waals surface area contributed by atoms with Gasteiger partial charge in [0.2, 0.25) is 0 Å². The molecule has 2 aliphatic rings. The first kappa shape index (κ1) is 8.52. The third-order valence-corrected chi connectivity index (χ3v) is 3.28. The molecule has 2 heteroatoms. The van der Waals surface area contributed by atoms with E-state index in [1.807, 2.05) is 0 Å². The molecule has 1 saturated heterocycles. The second-order valence-electron chi connectivity index (χ2n) is 4.35. The van der Waals surface area contributed by atoms with Crippen molar-refractivity contribution < 1.29 is 4.74 Å². The number of hydrogen-bond donors (Lipinski definition) is 1. The summed E-state index contributed by atoms with van der Waals surface area (Å²) in [5.74, 6) is 0. The summed E-state index contributed by atoms with van der Waals surface area (Å²) in [5, 5.41) is 0. The van der Waals surface area contributed by atoms with Gasteiger partial charge in [-0.2, -0.15) is 0 Å². The zero-order valence-electron chi connectivity index (χ0n) is 7.72. The van der Waals surface area contributed by atoms with Gasteiger partial charge >= 0.3 is 0 Å². The molecule has 0 aromatic rings. The van der Waals surface area contributed by atoms with E-state index in [0.717, 1.165) is 13.0 Å². The van der Waals surface area contributed by atoms with Crippen LogP contribution in [0.3, 0.4) is 0 Å². The van der Waals surface area contributed by atoms with Crippen molar-refractivity contribution in [1.29, 1.82) is 0 Å². The maximum atomic E-state index is 5.96. The second-order valence-corrected chi connectivity index (χ2v) is 4.35. The van der Waals surface area contributed by atoms with E-state index in [-0.39, 0.29) is 5.60 Å². The van der Waals surface area contributed by atoms with Crippen LogP contribution in [0.25, 0.3) is 0 Å². The van der Waals surface area contributed by atoms with Gasteiger partial charge < -0.3 is 10.5 Å². The molecule has 12 heavy (non-hydrogen) atoms. The number of rotatable bonds is 0. The molecule has 0 amide bonds. The summed E-state index contributed by atoms with van der Waals surface area (Å²) in [6.07, 6.45) is 8.66. The SMILES string of the molecule is NC1CCCC2(CCCCO2)C1. The lowest BCUT2D eigenvalue weighted by Crippen LogP contribution is -2.45. The van der Waals surface area contributed by atoms with E-state index < -0.39 is 0 Å². The summed E-state index contributed by atoms with van der Waals surface area (Å²) in [7, 11) is 0. The highest BCUT2D eigenvalue weighted by atomic mass is 16.5. The van der Waals surface area contributed by atoms with Crippen molar-refractivity contribution in [1.82, 2.24) is 0 Å². The highest BCUT2D eigenvalue weighted by molar-refractivity contribution is 4.91. The summed E-state index contributed by atoms with van der Waals surface area (Å²) >= 11 is 0. The Labute approximate surface area is 74.5 Å². The maximum absolute atomic E-state index is 5.96. The van der Waals surface area contributed by atoms with Crippen LogP contribution < -0.4 is 5.73 Å². The molecule has 2 unspecified atom stereocenters. The van der Waals surface area contributed by atoms with E-state index >= 15 is 0 Å². The van der Waals surface area contributed by atoms with Crippen LogP contribution in [0.4, 0.5) is 0 Å². The van der Waals surface area contributed by atoms with Crippen molar-refractivity contribution in [3.05, 3.63) is 0 Å². The summed E-state index contributed by atoms with van der Waals surface area (Å²) in [6.45, 7) is 0.965. The van der Waals surface area contributed by atoms with Gasteiger partial charge in [-0.3, -0.25) is 0 Å². The van der Waals surface area contributed by atoms with Gasteiger partial charge in [-0.1, -0.05) is 0 Å². The lowest BCUT2D eigenvalue weighted by Gasteiger charge is -2.42. The lowest BCUT2D eigenvalue weighted by molar-refractivity contribution is -0.103. The molecule has 2 atom stereocenters. The quantitative estimate of drug-likeness (QED) is 0.600. The van der Waals surface area contributed by atoms with Crippen LogP contribution in [-0.4, -0.2) is 18.2 Å². The predicted octanol–water partition coefficient (Wildman–Crippen LogP) is 1.83. The Kier molecular flexibility index (Phi) is 2.37. The Morgan fingerprint density at radius 2 is 2.00 bits per heavy atom. The van der Waals surface area contributed by atoms with Crippen molar-refractivity contribution in [2.24, 2.45) is 5.73 Å². The summed E-state index contributed by atoms with van der Waals surface area (Å²) < 4.78 is 5.90. The summed E-state index contributed by atoms with van der Waals surface area (Å²) in [4.78, 5) is 0. The molecular weight excluding hydrogens is 150 g/mol. The molecule has 0 bridgehead atoms. The number of hydrogen-bond acceptors (Lipinski definition) is 2. The molecule has 0 aromatic carbocycles. The van der Waals surface area contributed by atoms with E-state index in [9.17, 15) is 0 Å². The summed E-state index contributed by atoms with van der Waals surface area (Å²) in [6, 6.07) is 0.400. The van der Waals surface area contributed by atoms with Gasteiger partial charge in [0.15, 0.2) is 0 Å². The summed E-state index contributed by atoms with van der Waals surface area (Å²) in [5.41, 5.74) is 6.16. The fourth-order valence-electron chi connectivity index (χ4n) is 2.64. The number of nitrogens with two attached hydrogens (primary N) is 1. The molecule has 0 aromatic heterocycles. The highest BCUT2D eigenvalue weighted by Crippen LogP contribution is 2.37. The minimum Gasteiger partial charge on any atom is -0.375 e. The van der Waals surface area contributed by atoms with Crippen molar-refractivity contribution >= 4 is 0 Å². The van der Waals surface area contributed by atoms with Crippen molar-refractivity contribution in [2.45, 2.75) is 56.6 Å². The average molecular weight is 169 g/mol. The molecule has 2 rings (SSSR count). The number of ether oxygens (including phenoxy) is 1. The molecule has 2 nitrogen and oxygen atoms in total. The van der Waals surface area contributed by atoms with Crippen molar-refractivity contribution in [2.75, 3.05) is 6.61 Å². The van der Waals surface area contributed by atoms with Gasteiger partial charge in [-0.15, -0.1) is 0 Å². The Balaban J connectivity index is 1.97. The first-order chi connectivity index (χ1) is 5.81. The maximum Gasteiger partial charge on any atom is 0.0697 e. The Morgan fingerprint density at radius 3 is 2.67 bits per heavy atom. The van der Waals surface area contributed by atoms with Gasteiger partial charge in [0.05, 0.1) is 5.60 Å². The molecular formula is C10H19NO. The fourth-order valence-corrected chi connectivity index (χ4v) is 2.64. The van der Waals surface area contributed by atoms with Gasteiger partial charge in [0, 0.05) is 12.6 Å². The average Bonchev–Trinajstić information content (AvgIpc) is 2.05.